The molecule has 1 aliphatic rings. The van der Waals surface area contributed by atoms with Gasteiger partial charge in [-0.3, -0.25) is 0 Å². The molecule has 0 amide bonds. The molecule has 1 aromatic heterocycles. The third-order valence-electron chi connectivity index (χ3n) is 2.72. The van der Waals surface area contributed by atoms with Crippen LogP contribution >= 0.6 is 0 Å². The van der Waals surface area contributed by atoms with E-state index in [1.165, 1.54) is 22.5 Å². The average molecular weight is 184 g/mol. The second kappa shape index (κ2) is 2.91. The molecular formula is C12H12N2. The van der Waals surface area contributed by atoms with E-state index in [1.54, 1.807) is 0 Å². The minimum absolute atomic E-state index is 1.07. The van der Waals surface area contributed by atoms with Gasteiger partial charge >= 0.3 is 0 Å². The first kappa shape index (κ1) is 7.68. The van der Waals surface area contributed by atoms with Gasteiger partial charge in [-0.15, -0.1) is 0 Å². The van der Waals surface area contributed by atoms with Gasteiger partial charge < -0.3 is 10.3 Å². The van der Waals surface area contributed by atoms with Gasteiger partial charge in [-0.05, 0) is 41.8 Å². The number of anilines is 1. The Kier molecular flexibility index (Phi) is 1.60. The van der Waals surface area contributed by atoms with Gasteiger partial charge in [-0.25, -0.2) is 0 Å². The summed E-state index contributed by atoms with van der Waals surface area (Å²) in [4.78, 5) is 3.22. The summed E-state index contributed by atoms with van der Waals surface area (Å²) in [6, 6.07) is 10.7. The highest BCUT2D eigenvalue weighted by molar-refractivity contribution is 5.67. The summed E-state index contributed by atoms with van der Waals surface area (Å²) in [6.45, 7) is 1.07. The number of fused-ring (bicyclic) bond motifs is 1. The molecular weight excluding hydrogens is 172 g/mol. The van der Waals surface area contributed by atoms with Crippen molar-refractivity contribution < 1.29 is 0 Å². The summed E-state index contributed by atoms with van der Waals surface area (Å²) in [5.41, 5.74) is 5.19. The van der Waals surface area contributed by atoms with Crippen LogP contribution in [0.25, 0.3) is 11.3 Å². The lowest BCUT2D eigenvalue weighted by Gasteiger charge is -2.02. The van der Waals surface area contributed by atoms with Crippen molar-refractivity contribution in [2.45, 2.75) is 6.42 Å². The number of benzene rings is 1. The van der Waals surface area contributed by atoms with Crippen LogP contribution in [-0.4, -0.2) is 11.5 Å². The lowest BCUT2D eigenvalue weighted by atomic mass is 10.1. The zero-order valence-corrected chi connectivity index (χ0v) is 7.88. The summed E-state index contributed by atoms with van der Waals surface area (Å²) >= 11 is 0. The third kappa shape index (κ3) is 1.11. The van der Waals surface area contributed by atoms with E-state index in [4.69, 9.17) is 0 Å². The van der Waals surface area contributed by atoms with E-state index in [0.717, 1.165) is 13.0 Å². The summed E-state index contributed by atoms with van der Waals surface area (Å²) in [6.07, 6.45) is 3.10. The van der Waals surface area contributed by atoms with Crippen molar-refractivity contribution in [2.75, 3.05) is 11.9 Å². The summed E-state index contributed by atoms with van der Waals surface area (Å²) in [7, 11) is 0. The standard InChI is InChI=1S/C12H12N2/c1-2-11(13-6-1)9-3-4-12-10(8-9)5-7-14-12/h1-4,6,8,13-14H,5,7H2. The Labute approximate surface area is 83.0 Å². The van der Waals surface area contributed by atoms with E-state index in [-0.39, 0.29) is 0 Å². The highest BCUT2D eigenvalue weighted by atomic mass is 14.9. The van der Waals surface area contributed by atoms with Gasteiger partial charge in [-0.1, -0.05) is 6.07 Å². The highest BCUT2D eigenvalue weighted by Gasteiger charge is 2.10. The number of rotatable bonds is 1. The Morgan fingerprint density at radius 2 is 2.14 bits per heavy atom. The number of nitrogens with one attached hydrogen (secondary N) is 2. The smallest absolute Gasteiger partial charge is 0.0454 e. The molecule has 0 spiro atoms. The Hall–Kier alpha value is -1.70. The topological polar surface area (TPSA) is 27.8 Å². The van der Waals surface area contributed by atoms with E-state index in [0.29, 0.717) is 0 Å². The van der Waals surface area contributed by atoms with Gasteiger partial charge in [0.15, 0.2) is 0 Å². The predicted molar refractivity (Wildman–Crippen MR) is 58.4 cm³/mol. The number of aromatic amines is 1. The Morgan fingerprint density at radius 1 is 1.14 bits per heavy atom. The fraction of sp³-hybridized carbons (Fsp3) is 0.167. The zero-order chi connectivity index (χ0) is 9.38. The molecule has 0 atom stereocenters. The van der Waals surface area contributed by atoms with Gasteiger partial charge in [-0.2, -0.15) is 0 Å². The molecule has 3 rings (SSSR count). The normalized spacial score (nSPS) is 13.7. The van der Waals surface area contributed by atoms with Crippen LogP contribution < -0.4 is 5.32 Å². The zero-order valence-electron chi connectivity index (χ0n) is 7.88. The van der Waals surface area contributed by atoms with E-state index in [2.05, 4.69) is 34.6 Å². The molecule has 0 saturated carbocycles. The maximum Gasteiger partial charge on any atom is 0.0454 e. The maximum atomic E-state index is 3.36. The minimum Gasteiger partial charge on any atom is -0.384 e. The third-order valence-corrected chi connectivity index (χ3v) is 2.72. The van der Waals surface area contributed by atoms with Crippen LogP contribution in [0.3, 0.4) is 0 Å². The van der Waals surface area contributed by atoms with Crippen LogP contribution in [0.5, 0.6) is 0 Å². The molecule has 2 heterocycles. The highest BCUT2D eigenvalue weighted by Crippen LogP contribution is 2.27. The van der Waals surface area contributed by atoms with Crippen LogP contribution in [0.15, 0.2) is 36.5 Å². The molecule has 70 valence electrons. The summed E-state index contributed by atoms with van der Waals surface area (Å²) in [5, 5.41) is 3.36. The average Bonchev–Trinajstić information content (AvgIpc) is 2.88. The molecule has 0 bridgehead atoms. The molecule has 1 aromatic carbocycles. The first-order valence-electron chi connectivity index (χ1n) is 4.94. The molecule has 2 aromatic rings. The quantitative estimate of drug-likeness (QED) is 0.700. The largest absolute Gasteiger partial charge is 0.384 e. The first-order valence-corrected chi connectivity index (χ1v) is 4.94. The van der Waals surface area contributed by atoms with Gasteiger partial charge in [0, 0.05) is 24.1 Å². The van der Waals surface area contributed by atoms with Crippen LogP contribution in [-0.2, 0) is 6.42 Å². The van der Waals surface area contributed by atoms with Gasteiger partial charge in [0.25, 0.3) is 0 Å². The van der Waals surface area contributed by atoms with Crippen LogP contribution in [0.1, 0.15) is 5.56 Å². The summed E-state index contributed by atoms with van der Waals surface area (Å²) < 4.78 is 0. The van der Waals surface area contributed by atoms with Crippen LogP contribution in [0.2, 0.25) is 0 Å². The lowest BCUT2D eigenvalue weighted by Crippen LogP contribution is -1.90. The second-order valence-corrected chi connectivity index (χ2v) is 3.63. The summed E-state index contributed by atoms with van der Waals surface area (Å²) in [5.74, 6) is 0. The number of hydrogen-bond donors (Lipinski definition) is 2. The molecule has 0 saturated heterocycles. The maximum absolute atomic E-state index is 3.36. The number of H-pyrrole nitrogens is 1. The molecule has 2 N–H and O–H groups in total. The minimum atomic E-state index is 1.07. The molecule has 1 aliphatic heterocycles. The van der Waals surface area contributed by atoms with E-state index in [1.807, 2.05) is 12.3 Å². The monoisotopic (exact) mass is 184 g/mol. The van der Waals surface area contributed by atoms with Gasteiger partial charge in [0.1, 0.15) is 0 Å². The first-order chi connectivity index (χ1) is 6.93. The fourth-order valence-corrected chi connectivity index (χ4v) is 1.98. The number of aromatic nitrogens is 1. The van der Waals surface area contributed by atoms with E-state index in [9.17, 15) is 0 Å². The molecule has 14 heavy (non-hydrogen) atoms. The van der Waals surface area contributed by atoms with Crippen LogP contribution in [0.4, 0.5) is 5.69 Å². The van der Waals surface area contributed by atoms with Crippen LogP contribution in [0, 0.1) is 0 Å². The molecule has 2 heteroatoms. The molecule has 2 nitrogen and oxygen atoms in total. The lowest BCUT2D eigenvalue weighted by molar-refractivity contribution is 1.11. The molecule has 0 radical (unpaired) electrons. The molecule has 0 aliphatic carbocycles. The predicted octanol–water partition coefficient (Wildman–Crippen LogP) is 2.65. The molecule has 0 fully saturated rings. The van der Waals surface area contributed by atoms with E-state index >= 15 is 0 Å². The van der Waals surface area contributed by atoms with Crippen molar-refractivity contribution in [1.82, 2.24) is 4.98 Å². The SMILES string of the molecule is c1c[nH]c(-c2ccc3c(c2)CCN3)c1. The Morgan fingerprint density at radius 3 is 3.00 bits per heavy atom. The van der Waals surface area contributed by atoms with Crippen molar-refractivity contribution in [1.29, 1.82) is 0 Å². The van der Waals surface area contributed by atoms with Crippen molar-refractivity contribution in [3.8, 4) is 11.3 Å². The second-order valence-electron chi connectivity index (χ2n) is 3.63. The van der Waals surface area contributed by atoms with Crippen molar-refractivity contribution in [2.24, 2.45) is 0 Å². The van der Waals surface area contributed by atoms with Crippen molar-refractivity contribution in [3.63, 3.8) is 0 Å². The fourth-order valence-electron chi connectivity index (χ4n) is 1.98. The number of hydrogen-bond acceptors (Lipinski definition) is 1. The Balaban J connectivity index is 2.09. The Bertz CT molecular complexity index is 443. The van der Waals surface area contributed by atoms with E-state index < -0.39 is 0 Å². The van der Waals surface area contributed by atoms with Crippen molar-refractivity contribution >= 4 is 5.69 Å². The van der Waals surface area contributed by atoms with Crippen molar-refractivity contribution in [3.05, 3.63) is 42.1 Å². The molecule has 0 unspecified atom stereocenters. The van der Waals surface area contributed by atoms with Gasteiger partial charge in [0.2, 0.25) is 0 Å². The van der Waals surface area contributed by atoms with Gasteiger partial charge in [0.05, 0.1) is 0 Å².